The number of hydrogen-bond acceptors (Lipinski definition) is 6. The molecule has 1 spiro atoms. The number of amides is 2. The molecule has 2 unspecified atom stereocenters. The number of likely N-dealkylation sites (tertiary alicyclic amines) is 1. The maximum absolute atomic E-state index is 13.8. The molecule has 8 heteroatoms. The van der Waals surface area contributed by atoms with Crippen LogP contribution in [-0.2, 0) is 19.1 Å². The van der Waals surface area contributed by atoms with Crippen LogP contribution in [0.4, 0.5) is 0 Å². The number of aliphatic hydroxyl groups excluding tert-OH is 1. The minimum atomic E-state index is -0.683. The lowest BCUT2D eigenvalue weighted by molar-refractivity contribution is -0.155. The van der Waals surface area contributed by atoms with Gasteiger partial charge >= 0.3 is 5.97 Å². The number of hydrogen-bond donors (Lipinski definition) is 2. The molecular weight excluding hydrogens is 404 g/mol. The van der Waals surface area contributed by atoms with Crippen molar-refractivity contribution < 1.29 is 24.2 Å². The number of nitrogens with zero attached hydrogens (tertiary/aromatic N) is 1. The molecule has 0 radical (unpaired) electrons. The second kappa shape index (κ2) is 8.69. The molecular formula is C22H36N2O5S. The van der Waals surface area contributed by atoms with Crippen LogP contribution in [0.15, 0.2) is 0 Å². The third-order valence-corrected chi connectivity index (χ3v) is 9.13. The maximum atomic E-state index is 13.8. The Labute approximate surface area is 183 Å². The van der Waals surface area contributed by atoms with Gasteiger partial charge in [-0.1, -0.05) is 27.2 Å². The van der Waals surface area contributed by atoms with Crippen LogP contribution >= 0.6 is 11.8 Å². The minimum Gasteiger partial charge on any atom is -0.466 e. The van der Waals surface area contributed by atoms with Crippen molar-refractivity contribution in [3.63, 3.8) is 0 Å². The zero-order valence-electron chi connectivity index (χ0n) is 18.8. The van der Waals surface area contributed by atoms with Gasteiger partial charge < -0.3 is 20.1 Å². The summed E-state index contributed by atoms with van der Waals surface area (Å²) >= 11 is 1.63. The monoisotopic (exact) mass is 440 g/mol. The van der Waals surface area contributed by atoms with E-state index in [1.807, 2.05) is 20.8 Å². The van der Waals surface area contributed by atoms with E-state index in [-0.39, 0.29) is 36.9 Å². The van der Waals surface area contributed by atoms with Gasteiger partial charge in [-0.05, 0) is 39.0 Å². The molecule has 2 N–H and O–H groups in total. The fraction of sp³-hybridized carbons (Fsp3) is 0.864. The summed E-state index contributed by atoms with van der Waals surface area (Å²) in [6, 6.07) is -1.15. The third kappa shape index (κ3) is 3.44. The molecule has 30 heavy (non-hydrogen) atoms. The molecule has 0 aromatic heterocycles. The van der Waals surface area contributed by atoms with E-state index in [9.17, 15) is 19.5 Å². The molecule has 0 aliphatic carbocycles. The lowest BCUT2D eigenvalue weighted by atomic mass is 9.66. The first-order chi connectivity index (χ1) is 14.2. The average molecular weight is 441 g/mol. The number of carbonyl (C=O) groups excluding carboxylic acids is 3. The largest absolute Gasteiger partial charge is 0.466 e. The Bertz CT molecular complexity index is 701. The summed E-state index contributed by atoms with van der Waals surface area (Å²) in [6.45, 7) is 10.4. The van der Waals surface area contributed by atoms with E-state index < -0.39 is 33.4 Å². The highest BCUT2D eigenvalue weighted by molar-refractivity contribution is 8.02. The first kappa shape index (κ1) is 23.4. The third-order valence-electron chi connectivity index (χ3n) is 7.15. The second-order valence-electron chi connectivity index (χ2n) is 9.36. The van der Waals surface area contributed by atoms with Crippen molar-refractivity contribution in [1.29, 1.82) is 0 Å². The molecule has 3 heterocycles. The maximum Gasteiger partial charge on any atom is 0.311 e. The zero-order valence-corrected chi connectivity index (χ0v) is 19.6. The Morgan fingerprint density at radius 1 is 1.33 bits per heavy atom. The van der Waals surface area contributed by atoms with Crippen LogP contribution in [-0.4, -0.2) is 69.1 Å². The standard InChI is InChI=1S/C22H36N2O5S/c1-6-8-11-23-18(26)17-22-10-9-21(5,30-22)16(20(28)29-7-2)15(22)19(27)24(17)14(12-25)13(3)4/h13-17,25H,6-12H2,1-5H3,(H,23,26)/t14-,15-,16-,17?,21+,22?/m0/s1. The highest BCUT2D eigenvalue weighted by Crippen LogP contribution is 2.71. The number of unbranched alkanes of at least 4 members (excludes halogenated alkanes) is 1. The number of ether oxygens (including phenoxy) is 1. The highest BCUT2D eigenvalue weighted by Gasteiger charge is 2.78. The van der Waals surface area contributed by atoms with Crippen LogP contribution in [0.25, 0.3) is 0 Å². The predicted molar refractivity (Wildman–Crippen MR) is 116 cm³/mol. The van der Waals surface area contributed by atoms with Crippen molar-refractivity contribution in [2.75, 3.05) is 19.8 Å². The summed E-state index contributed by atoms with van der Waals surface area (Å²) in [5, 5.41) is 13.1. The van der Waals surface area contributed by atoms with Crippen molar-refractivity contribution in [3.8, 4) is 0 Å². The lowest BCUT2D eigenvalue weighted by Crippen LogP contribution is -2.57. The van der Waals surface area contributed by atoms with E-state index in [0.29, 0.717) is 13.0 Å². The minimum absolute atomic E-state index is 0.0149. The fourth-order valence-electron chi connectivity index (χ4n) is 5.72. The zero-order chi connectivity index (χ0) is 22.3. The SMILES string of the molecule is CCCCNC(=O)C1N([C@@H](CO)C(C)C)C(=O)[C@@H]2[C@@H](C(=O)OCC)[C@@]3(C)CCC12S3. The van der Waals surface area contributed by atoms with Crippen LogP contribution in [0.1, 0.15) is 60.3 Å². The van der Waals surface area contributed by atoms with Crippen molar-refractivity contribution in [1.82, 2.24) is 10.2 Å². The molecule has 0 aromatic rings. The first-order valence-corrected chi connectivity index (χ1v) is 12.1. The topological polar surface area (TPSA) is 95.9 Å². The van der Waals surface area contributed by atoms with E-state index in [4.69, 9.17) is 4.74 Å². The number of esters is 1. The van der Waals surface area contributed by atoms with E-state index in [1.165, 1.54) is 0 Å². The van der Waals surface area contributed by atoms with Gasteiger partial charge in [0.1, 0.15) is 6.04 Å². The van der Waals surface area contributed by atoms with Crippen LogP contribution in [0.3, 0.4) is 0 Å². The summed E-state index contributed by atoms with van der Waals surface area (Å²) in [4.78, 5) is 41.8. The Hall–Kier alpha value is -1.28. The average Bonchev–Trinajstić information content (AvgIpc) is 3.24. The van der Waals surface area contributed by atoms with Gasteiger partial charge in [0.05, 0.1) is 35.8 Å². The van der Waals surface area contributed by atoms with E-state index in [0.717, 1.165) is 19.3 Å². The Balaban J connectivity index is 2.05. The molecule has 3 rings (SSSR count). The molecule has 3 aliphatic heterocycles. The van der Waals surface area contributed by atoms with Gasteiger partial charge in [-0.3, -0.25) is 14.4 Å². The summed E-state index contributed by atoms with van der Waals surface area (Å²) in [5.41, 5.74) is 0. The van der Waals surface area contributed by atoms with Gasteiger partial charge in [0.15, 0.2) is 0 Å². The molecule has 2 bridgehead atoms. The van der Waals surface area contributed by atoms with Gasteiger partial charge in [0, 0.05) is 11.3 Å². The molecule has 0 saturated carbocycles. The fourth-order valence-corrected chi connectivity index (χ4v) is 8.05. The summed E-state index contributed by atoms with van der Waals surface area (Å²) < 4.78 is 4.31. The predicted octanol–water partition coefficient (Wildman–Crippen LogP) is 1.96. The van der Waals surface area contributed by atoms with Crippen LogP contribution in [0, 0.1) is 17.8 Å². The second-order valence-corrected chi connectivity index (χ2v) is 11.3. The summed E-state index contributed by atoms with van der Waals surface area (Å²) in [7, 11) is 0. The lowest BCUT2D eigenvalue weighted by Gasteiger charge is -2.38. The molecule has 2 amide bonds. The molecule has 170 valence electrons. The van der Waals surface area contributed by atoms with E-state index in [1.54, 1.807) is 23.6 Å². The quantitative estimate of drug-likeness (QED) is 0.420. The van der Waals surface area contributed by atoms with Gasteiger partial charge in [0.2, 0.25) is 11.8 Å². The molecule has 7 nitrogen and oxygen atoms in total. The van der Waals surface area contributed by atoms with Crippen LogP contribution < -0.4 is 5.32 Å². The first-order valence-electron chi connectivity index (χ1n) is 11.3. The Kier molecular flexibility index (Phi) is 6.77. The number of nitrogens with one attached hydrogen (secondary N) is 1. The molecule has 3 saturated heterocycles. The van der Waals surface area contributed by atoms with Crippen molar-refractivity contribution in [2.45, 2.75) is 81.9 Å². The number of thioether (sulfide) groups is 1. The van der Waals surface area contributed by atoms with Crippen molar-refractivity contribution in [2.24, 2.45) is 17.8 Å². The molecule has 3 aliphatic rings. The van der Waals surface area contributed by atoms with Crippen LogP contribution in [0.5, 0.6) is 0 Å². The van der Waals surface area contributed by atoms with E-state index >= 15 is 0 Å². The number of carbonyl (C=O) groups is 3. The molecule has 6 atom stereocenters. The van der Waals surface area contributed by atoms with Crippen molar-refractivity contribution >= 4 is 29.5 Å². The van der Waals surface area contributed by atoms with Crippen molar-refractivity contribution in [3.05, 3.63) is 0 Å². The Morgan fingerprint density at radius 2 is 2.03 bits per heavy atom. The van der Waals surface area contributed by atoms with Gasteiger partial charge in [0.25, 0.3) is 0 Å². The Morgan fingerprint density at radius 3 is 2.60 bits per heavy atom. The molecule has 3 fully saturated rings. The van der Waals surface area contributed by atoms with Gasteiger partial charge in [-0.15, -0.1) is 11.8 Å². The van der Waals surface area contributed by atoms with E-state index in [2.05, 4.69) is 12.2 Å². The molecule has 0 aromatic carbocycles. The summed E-state index contributed by atoms with van der Waals surface area (Å²) in [5.74, 6) is -1.86. The van der Waals surface area contributed by atoms with Crippen LogP contribution in [0.2, 0.25) is 0 Å². The van der Waals surface area contributed by atoms with Gasteiger partial charge in [-0.2, -0.15) is 0 Å². The number of fused-ring (bicyclic) bond motifs is 1. The van der Waals surface area contributed by atoms with Gasteiger partial charge in [-0.25, -0.2) is 0 Å². The number of aliphatic hydroxyl groups is 1. The number of rotatable bonds is 9. The normalized spacial score (nSPS) is 35.6. The summed E-state index contributed by atoms with van der Waals surface area (Å²) in [6.07, 6.45) is 3.30. The highest BCUT2D eigenvalue weighted by atomic mass is 32.2. The smallest absolute Gasteiger partial charge is 0.311 e.